The molecule has 1 aromatic carbocycles. The van der Waals surface area contributed by atoms with Gasteiger partial charge >= 0.3 is 0 Å². The van der Waals surface area contributed by atoms with Gasteiger partial charge in [0.1, 0.15) is 12.4 Å². The molecule has 0 atom stereocenters. The molecule has 0 aliphatic carbocycles. The zero-order valence-corrected chi connectivity index (χ0v) is 14.2. The van der Waals surface area contributed by atoms with E-state index in [0.717, 1.165) is 16.2 Å². The molecule has 1 aromatic heterocycles. The monoisotopic (exact) mass is 338 g/mol. The van der Waals surface area contributed by atoms with Crippen LogP contribution < -0.4 is 10.1 Å². The smallest absolute Gasteiger partial charge is 0.230 e. The second-order valence-corrected chi connectivity index (χ2v) is 6.57. The Bertz CT molecular complexity index is 628. The van der Waals surface area contributed by atoms with Crippen LogP contribution in [0.5, 0.6) is 5.75 Å². The zero-order chi connectivity index (χ0) is 15.9. The van der Waals surface area contributed by atoms with Crippen molar-refractivity contribution >= 4 is 34.0 Å². The Labute approximate surface area is 139 Å². The number of aromatic nitrogens is 1. The molecule has 0 bridgehead atoms. The number of alkyl halides is 1. The Kier molecular flexibility index (Phi) is 6.21. The summed E-state index contributed by atoms with van der Waals surface area (Å²) in [7, 11) is 0. The second-order valence-electron chi connectivity index (χ2n) is 5.13. The maximum atomic E-state index is 12.1. The van der Waals surface area contributed by atoms with Crippen molar-refractivity contribution < 1.29 is 9.53 Å². The number of thiazole rings is 1. The van der Waals surface area contributed by atoms with Gasteiger partial charge in [0.05, 0.1) is 12.3 Å². The highest BCUT2D eigenvalue weighted by atomic mass is 35.5. The standard InChI is InChI=1S/C16H19ClN2O2S/c1-11(2)14-10-18-16(22-14)19-15(20)9-12-4-3-5-13(8-12)21-7-6-17/h3-5,8,10-11H,6-7,9H2,1-2H3,(H,18,19,20). The van der Waals surface area contributed by atoms with Gasteiger partial charge in [0.25, 0.3) is 0 Å². The summed E-state index contributed by atoms with van der Waals surface area (Å²) >= 11 is 7.11. The van der Waals surface area contributed by atoms with Crippen LogP contribution in [0.4, 0.5) is 5.13 Å². The number of hydrogen-bond donors (Lipinski definition) is 1. The van der Waals surface area contributed by atoms with Crippen LogP contribution in [0.15, 0.2) is 30.5 Å². The van der Waals surface area contributed by atoms with Crippen LogP contribution in [-0.2, 0) is 11.2 Å². The normalized spacial score (nSPS) is 10.7. The van der Waals surface area contributed by atoms with Gasteiger partial charge in [-0.1, -0.05) is 26.0 Å². The number of carbonyl (C=O) groups is 1. The van der Waals surface area contributed by atoms with Gasteiger partial charge in [-0.15, -0.1) is 22.9 Å². The molecule has 0 fully saturated rings. The number of nitrogens with one attached hydrogen (secondary N) is 1. The molecule has 118 valence electrons. The first-order chi connectivity index (χ1) is 10.6. The molecule has 0 saturated heterocycles. The summed E-state index contributed by atoms with van der Waals surface area (Å²) < 4.78 is 5.45. The number of rotatable bonds is 7. The van der Waals surface area contributed by atoms with Gasteiger partial charge in [0.15, 0.2) is 5.13 Å². The molecule has 0 aliphatic rings. The predicted octanol–water partition coefficient (Wildman–Crippen LogP) is 4.07. The van der Waals surface area contributed by atoms with E-state index in [1.54, 1.807) is 0 Å². The number of nitrogens with zero attached hydrogens (tertiary/aromatic N) is 1. The van der Waals surface area contributed by atoms with Crippen LogP contribution in [0.25, 0.3) is 0 Å². The average Bonchev–Trinajstić information content (AvgIpc) is 2.94. The molecule has 1 N–H and O–H groups in total. The molecule has 0 unspecified atom stereocenters. The summed E-state index contributed by atoms with van der Waals surface area (Å²) in [4.78, 5) is 17.5. The Morgan fingerprint density at radius 3 is 2.95 bits per heavy atom. The highest BCUT2D eigenvalue weighted by Crippen LogP contribution is 2.25. The van der Waals surface area contributed by atoms with Crippen LogP contribution >= 0.6 is 22.9 Å². The van der Waals surface area contributed by atoms with E-state index in [4.69, 9.17) is 16.3 Å². The van der Waals surface area contributed by atoms with Gasteiger partial charge in [0, 0.05) is 11.1 Å². The van der Waals surface area contributed by atoms with Crippen molar-refractivity contribution in [2.75, 3.05) is 17.8 Å². The van der Waals surface area contributed by atoms with Gasteiger partial charge in [0.2, 0.25) is 5.91 Å². The fourth-order valence-corrected chi connectivity index (χ4v) is 2.77. The quantitative estimate of drug-likeness (QED) is 0.774. The summed E-state index contributed by atoms with van der Waals surface area (Å²) in [5, 5.41) is 3.48. The fourth-order valence-electron chi connectivity index (χ4n) is 1.86. The number of anilines is 1. The average molecular weight is 339 g/mol. The summed E-state index contributed by atoms with van der Waals surface area (Å²) in [5.74, 6) is 1.49. The first-order valence-corrected chi connectivity index (χ1v) is 8.47. The third-order valence-electron chi connectivity index (χ3n) is 2.95. The highest BCUT2D eigenvalue weighted by molar-refractivity contribution is 7.15. The van der Waals surface area contributed by atoms with E-state index in [2.05, 4.69) is 24.1 Å². The number of amides is 1. The minimum Gasteiger partial charge on any atom is -0.492 e. The van der Waals surface area contributed by atoms with Crippen molar-refractivity contribution in [2.45, 2.75) is 26.2 Å². The molecule has 0 spiro atoms. The molecule has 22 heavy (non-hydrogen) atoms. The molecule has 4 nitrogen and oxygen atoms in total. The summed E-state index contributed by atoms with van der Waals surface area (Å²) in [6, 6.07) is 7.47. The lowest BCUT2D eigenvalue weighted by atomic mass is 10.1. The number of halogens is 1. The first kappa shape index (κ1) is 16.8. The van der Waals surface area contributed by atoms with Gasteiger partial charge in [-0.25, -0.2) is 4.98 Å². The maximum absolute atomic E-state index is 12.1. The summed E-state index contributed by atoms with van der Waals surface area (Å²) in [5.41, 5.74) is 0.894. The predicted molar refractivity (Wildman–Crippen MR) is 91.2 cm³/mol. The van der Waals surface area contributed by atoms with Crippen molar-refractivity contribution in [1.29, 1.82) is 0 Å². The van der Waals surface area contributed by atoms with Gasteiger partial charge in [-0.3, -0.25) is 4.79 Å². The van der Waals surface area contributed by atoms with Crippen molar-refractivity contribution in [2.24, 2.45) is 0 Å². The van der Waals surface area contributed by atoms with Crippen LogP contribution in [0, 0.1) is 0 Å². The van der Waals surface area contributed by atoms with Crippen LogP contribution in [0.3, 0.4) is 0 Å². The largest absolute Gasteiger partial charge is 0.492 e. The van der Waals surface area contributed by atoms with Crippen LogP contribution in [0.2, 0.25) is 0 Å². The SMILES string of the molecule is CC(C)c1cnc(NC(=O)Cc2cccc(OCCCl)c2)s1. The third kappa shape index (κ3) is 5.00. The van der Waals surface area contributed by atoms with E-state index in [-0.39, 0.29) is 12.3 Å². The van der Waals surface area contributed by atoms with Crippen molar-refractivity contribution in [3.8, 4) is 5.75 Å². The van der Waals surface area contributed by atoms with Crippen molar-refractivity contribution in [3.63, 3.8) is 0 Å². The molecule has 0 saturated carbocycles. The van der Waals surface area contributed by atoms with E-state index in [1.165, 1.54) is 11.3 Å². The van der Waals surface area contributed by atoms with E-state index in [0.29, 0.717) is 23.5 Å². The van der Waals surface area contributed by atoms with E-state index in [9.17, 15) is 4.79 Å². The molecule has 2 rings (SSSR count). The Balaban J connectivity index is 1.93. The zero-order valence-electron chi connectivity index (χ0n) is 12.6. The van der Waals surface area contributed by atoms with E-state index >= 15 is 0 Å². The lowest BCUT2D eigenvalue weighted by molar-refractivity contribution is -0.115. The highest BCUT2D eigenvalue weighted by Gasteiger charge is 2.10. The summed E-state index contributed by atoms with van der Waals surface area (Å²) in [6.07, 6.45) is 2.10. The maximum Gasteiger partial charge on any atom is 0.230 e. The van der Waals surface area contributed by atoms with Gasteiger partial charge < -0.3 is 10.1 Å². The first-order valence-electron chi connectivity index (χ1n) is 7.11. The molecule has 2 aromatic rings. The van der Waals surface area contributed by atoms with E-state index < -0.39 is 0 Å². The minimum atomic E-state index is -0.0841. The Hall–Kier alpha value is -1.59. The number of hydrogen-bond acceptors (Lipinski definition) is 4. The van der Waals surface area contributed by atoms with Crippen molar-refractivity contribution in [3.05, 3.63) is 40.9 Å². The molecule has 0 aliphatic heterocycles. The number of carbonyl (C=O) groups excluding carboxylic acids is 1. The van der Waals surface area contributed by atoms with E-state index in [1.807, 2.05) is 30.5 Å². The van der Waals surface area contributed by atoms with Gasteiger partial charge in [-0.2, -0.15) is 0 Å². The lowest BCUT2D eigenvalue weighted by Gasteiger charge is -2.06. The summed E-state index contributed by atoms with van der Waals surface area (Å²) in [6.45, 7) is 4.66. The molecular weight excluding hydrogens is 320 g/mol. The van der Waals surface area contributed by atoms with Gasteiger partial charge in [-0.05, 0) is 23.6 Å². The molecule has 0 radical (unpaired) electrons. The minimum absolute atomic E-state index is 0.0841. The third-order valence-corrected chi connectivity index (χ3v) is 4.32. The Morgan fingerprint density at radius 2 is 2.27 bits per heavy atom. The topological polar surface area (TPSA) is 51.2 Å². The molecule has 1 amide bonds. The second kappa shape index (κ2) is 8.15. The Morgan fingerprint density at radius 1 is 1.45 bits per heavy atom. The lowest BCUT2D eigenvalue weighted by Crippen LogP contribution is -2.14. The molecule has 6 heteroatoms. The molecular formula is C16H19ClN2O2S. The van der Waals surface area contributed by atoms with Crippen molar-refractivity contribution in [1.82, 2.24) is 4.98 Å². The fraction of sp³-hybridized carbons (Fsp3) is 0.375. The number of benzene rings is 1. The van der Waals surface area contributed by atoms with Crippen LogP contribution in [-0.4, -0.2) is 23.4 Å². The molecule has 1 heterocycles. The number of ether oxygens (including phenoxy) is 1. The van der Waals surface area contributed by atoms with Crippen LogP contribution in [0.1, 0.15) is 30.2 Å².